The minimum atomic E-state index is -0.0652. The summed E-state index contributed by atoms with van der Waals surface area (Å²) in [6.45, 7) is 41.3. The van der Waals surface area contributed by atoms with E-state index in [0.717, 1.165) is 36.8 Å². The second kappa shape index (κ2) is 15.8. The third-order valence-electron chi connectivity index (χ3n) is 20.4. The summed E-state index contributed by atoms with van der Waals surface area (Å²) < 4.78 is 7.66. The molecule has 0 N–H and O–H groups in total. The Morgan fingerprint density at radius 1 is 0.421 bits per heavy atom. The van der Waals surface area contributed by atoms with Gasteiger partial charge in [-0.15, -0.1) is 0 Å². The summed E-state index contributed by atoms with van der Waals surface area (Å²) in [4.78, 5) is 5.40. The van der Waals surface area contributed by atoms with Crippen LogP contribution in [0.25, 0.3) is 33.1 Å². The molecule has 3 nitrogen and oxygen atoms in total. The topological polar surface area (TPSA) is 19.6 Å². The summed E-state index contributed by atoms with van der Waals surface area (Å²) in [5, 5.41) is 2.42. The first-order valence-electron chi connectivity index (χ1n) is 28.9. The van der Waals surface area contributed by atoms with Crippen molar-refractivity contribution >= 4 is 79.2 Å². The van der Waals surface area contributed by atoms with Crippen molar-refractivity contribution in [1.82, 2.24) is 0 Å². The van der Waals surface area contributed by atoms with Gasteiger partial charge in [-0.1, -0.05) is 171 Å². The van der Waals surface area contributed by atoms with Crippen molar-refractivity contribution in [3.8, 4) is 11.1 Å². The van der Waals surface area contributed by atoms with E-state index >= 15 is 0 Å². The van der Waals surface area contributed by atoms with E-state index < -0.39 is 0 Å². The lowest BCUT2D eigenvalue weighted by molar-refractivity contribution is 0.332. The van der Waals surface area contributed by atoms with Gasteiger partial charge in [-0.2, -0.15) is 0 Å². The maximum atomic E-state index is 7.66. The van der Waals surface area contributed by atoms with E-state index in [4.69, 9.17) is 4.42 Å². The Morgan fingerprint density at radius 2 is 0.921 bits per heavy atom. The van der Waals surface area contributed by atoms with Gasteiger partial charge in [0.05, 0.1) is 5.69 Å². The minimum Gasteiger partial charge on any atom is -0.454 e. The quantitative estimate of drug-likeness (QED) is 0.164. The molecule has 4 heteroatoms. The molecule has 0 atom stereocenters. The monoisotopic (exact) mass is 1000 g/mol. The van der Waals surface area contributed by atoms with Crippen LogP contribution in [0.3, 0.4) is 0 Å². The fourth-order valence-corrected chi connectivity index (χ4v) is 15.1. The molecule has 8 aromatic rings. The van der Waals surface area contributed by atoms with Gasteiger partial charge in [-0.25, -0.2) is 0 Å². The number of hydrogen-bond donors (Lipinski definition) is 0. The van der Waals surface area contributed by atoms with E-state index in [-0.39, 0.29) is 44.6 Å². The van der Waals surface area contributed by atoms with Crippen molar-refractivity contribution in [2.24, 2.45) is 0 Å². The van der Waals surface area contributed by atoms with Gasteiger partial charge in [0.25, 0.3) is 6.71 Å². The number of anilines is 6. The molecule has 7 aromatic carbocycles. The van der Waals surface area contributed by atoms with Crippen LogP contribution in [-0.4, -0.2) is 6.71 Å². The van der Waals surface area contributed by atoms with Crippen LogP contribution in [0.5, 0.6) is 0 Å². The van der Waals surface area contributed by atoms with Gasteiger partial charge >= 0.3 is 0 Å². The Balaban J connectivity index is 1.21. The summed E-state index contributed by atoms with van der Waals surface area (Å²) in [7, 11) is 0. The molecule has 0 saturated heterocycles. The van der Waals surface area contributed by atoms with Crippen molar-refractivity contribution in [1.29, 1.82) is 0 Å². The molecule has 3 heterocycles. The molecule has 13 rings (SSSR count). The van der Waals surface area contributed by atoms with Gasteiger partial charge < -0.3 is 14.2 Å². The summed E-state index contributed by atoms with van der Waals surface area (Å²) in [6.07, 6.45) is 6.96. The zero-order valence-electron chi connectivity index (χ0n) is 49.0. The summed E-state index contributed by atoms with van der Waals surface area (Å²) in [6, 6.07) is 44.0. The number of rotatable bonds is 3. The zero-order valence-corrected chi connectivity index (χ0v) is 49.0. The lowest BCUT2D eigenvalue weighted by Crippen LogP contribution is -2.62. The van der Waals surface area contributed by atoms with Gasteiger partial charge in [0.1, 0.15) is 5.58 Å². The standard InChI is InChI=1S/C72H81BN2O/c1-42-33-46(66(3,4)5)23-26-57(42)74-59-40-53-51(69(10,11)29-31-71(53,14)15)38-56(59)73-55-25-24-47-48-37-50-54(72(16,17)32-28-68(50,8)9)41-62(48)76-65(47)64(55)75(61-36-45(35-60(74)63(61)73)44-21-19-18-20-22-44)58-39-52-49(34-43(58)2)67(6,7)27-30-70(52,12)13/h18-26,33-41H,27-32H2,1-17H3. The van der Waals surface area contributed by atoms with Crippen LogP contribution < -0.4 is 26.2 Å². The minimum absolute atomic E-state index is 0.00990. The Hall–Kier alpha value is -6.00. The Morgan fingerprint density at radius 3 is 1.49 bits per heavy atom. The number of furan rings is 1. The maximum Gasteiger partial charge on any atom is 0.252 e. The van der Waals surface area contributed by atoms with Crippen LogP contribution in [0, 0.1) is 13.8 Å². The molecule has 0 amide bonds. The van der Waals surface area contributed by atoms with Crippen molar-refractivity contribution in [2.45, 2.75) is 194 Å². The largest absolute Gasteiger partial charge is 0.454 e. The molecule has 76 heavy (non-hydrogen) atoms. The van der Waals surface area contributed by atoms with Crippen LogP contribution in [-0.2, 0) is 37.9 Å². The number of hydrogen-bond acceptors (Lipinski definition) is 3. The molecule has 0 unspecified atom stereocenters. The van der Waals surface area contributed by atoms with E-state index in [1.807, 2.05) is 0 Å². The Kier molecular flexibility index (Phi) is 10.3. The SMILES string of the molecule is Cc1cc(C(C)(C)C)ccc1N1c2cc3c(cc2B2c4ccc5c(oc6cc7c(cc65)C(C)(C)CCC7(C)C)c4N(c4cc5c(cc4C)C(C)(C)CCC5(C)C)c4cc(-c5ccccc5)cc1c42)C(C)(C)CCC3(C)C. The molecular weight excluding hydrogens is 920 g/mol. The molecule has 1 aromatic heterocycles. The highest BCUT2D eigenvalue weighted by Crippen LogP contribution is 2.56. The first kappa shape index (κ1) is 49.6. The lowest BCUT2D eigenvalue weighted by Gasteiger charge is -2.48. The molecule has 3 aliphatic carbocycles. The maximum absolute atomic E-state index is 7.66. The summed E-state index contributed by atoms with van der Waals surface area (Å²) >= 11 is 0. The predicted octanol–water partition coefficient (Wildman–Crippen LogP) is 18.3. The van der Waals surface area contributed by atoms with E-state index in [9.17, 15) is 0 Å². The van der Waals surface area contributed by atoms with Crippen molar-refractivity contribution in [3.63, 3.8) is 0 Å². The summed E-state index contributed by atoms with van der Waals surface area (Å²) in [5.74, 6) is 0. The van der Waals surface area contributed by atoms with Gasteiger partial charge in [-0.05, 0) is 210 Å². The molecule has 2 aliphatic heterocycles. The first-order chi connectivity index (χ1) is 35.6. The highest BCUT2D eigenvalue weighted by molar-refractivity contribution is 7.00. The van der Waals surface area contributed by atoms with Crippen molar-refractivity contribution in [3.05, 3.63) is 159 Å². The van der Waals surface area contributed by atoms with Crippen molar-refractivity contribution < 1.29 is 4.42 Å². The van der Waals surface area contributed by atoms with E-state index in [0.29, 0.717) is 0 Å². The fraction of sp³-hybridized carbons (Fsp3) is 0.417. The molecule has 5 aliphatic rings. The van der Waals surface area contributed by atoms with Gasteiger partial charge in [0.2, 0.25) is 0 Å². The normalized spacial score (nSPS) is 19.9. The molecule has 0 saturated carbocycles. The predicted molar refractivity (Wildman–Crippen MR) is 327 cm³/mol. The van der Waals surface area contributed by atoms with E-state index in [2.05, 4.69) is 237 Å². The smallest absolute Gasteiger partial charge is 0.252 e. The van der Waals surface area contributed by atoms with E-state index in [1.165, 1.54) is 135 Å². The second-order valence-corrected chi connectivity index (χ2v) is 29.5. The molecule has 0 spiro atoms. The number of fused-ring (bicyclic) bond motifs is 11. The summed E-state index contributed by atoms with van der Waals surface area (Å²) in [5.41, 5.74) is 28.9. The Labute approximate surface area is 455 Å². The van der Waals surface area contributed by atoms with E-state index in [1.54, 1.807) is 0 Å². The lowest BCUT2D eigenvalue weighted by atomic mass is 9.33. The fourth-order valence-electron chi connectivity index (χ4n) is 15.1. The average Bonchev–Trinajstić information content (AvgIpc) is 3.75. The first-order valence-corrected chi connectivity index (χ1v) is 28.9. The van der Waals surface area contributed by atoms with Crippen LogP contribution in [0.1, 0.15) is 192 Å². The molecule has 0 radical (unpaired) electrons. The third-order valence-corrected chi connectivity index (χ3v) is 20.4. The van der Waals surface area contributed by atoms with Crippen molar-refractivity contribution in [2.75, 3.05) is 9.80 Å². The Bertz CT molecular complexity index is 3790. The van der Waals surface area contributed by atoms with Crippen LogP contribution in [0.2, 0.25) is 0 Å². The van der Waals surface area contributed by atoms with Gasteiger partial charge in [-0.3, -0.25) is 0 Å². The second-order valence-electron chi connectivity index (χ2n) is 29.5. The van der Waals surface area contributed by atoms with Gasteiger partial charge in [0, 0.05) is 39.2 Å². The van der Waals surface area contributed by atoms with Crippen LogP contribution >= 0.6 is 0 Å². The zero-order chi connectivity index (χ0) is 53.8. The van der Waals surface area contributed by atoms with Crippen LogP contribution in [0.15, 0.2) is 114 Å². The number of nitrogens with zero attached hydrogens (tertiary/aromatic N) is 2. The highest BCUT2D eigenvalue weighted by Gasteiger charge is 2.49. The van der Waals surface area contributed by atoms with Gasteiger partial charge in [0.15, 0.2) is 5.58 Å². The highest BCUT2D eigenvalue weighted by atomic mass is 16.3. The number of benzene rings is 7. The number of aryl methyl sites for hydroxylation is 2. The molecule has 388 valence electrons. The molecule has 0 fully saturated rings. The van der Waals surface area contributed by atoms with Crippen LogP contribution in [0.4, 0.5) is 34.1 Å². The average molecular weight is 1000 g/mol. The molecular formula is C72H81BN2O. The third kappa shape index (κ3) is 7.13. The molecule has 0 bridgehead atoms.